The molecule has 4 rings (SSSR count). The zero-order valence-electron chi connectivity index (χ0n) is 15.5. The topological polar surface area (TPSA) is 133 Å². The van der Waals surface area contributed by atoms with E-state index in [4.69, 9.17) is 0 Å². The molecule has 1 saturated heterocycles. The van der Waals surface area contributed by atoms with Gasteiger partial charge in [0.2, 0.25) is 15.9 Å². The van der Waals surface area contributed by atoms with Crippen LogP contribution in [0.5, 0.6) is 0 Å². The van der Waals surface area contributed by atoms with Gasteiger partial charge in [0.1, 0.15) is 0 Å². The van der Waals surface area contributed by atoms with Crippen LogP contribution in [0.1, 0.15) is 18.4 Å². The van der Waals surface area contributed by atoms with Gasteiger partial charge in [0.05, 0.1) is 17.4 Å². The third-order valence-corrected chi connectivity index (χ3v) is 8.83. The van der Waals surface area contributed by atoms with E-state index in [2.05, 4.69) is 15.3 Å². The number of anilines is 1. The van der Waals surface area contributed by atoms with E-state index in [1.54, 1.807) is 12.1 Å². The van der Waals surface area contributed by atoms with Gasteiger partial charge in [-0.05, 0) is 36.6 Å². The number of aromatic nitrogens is 2. The molecule has 0 unspecified atom stereocenters. The lowest BCUT2D eigenvalue weighted by Gasteiger charge is -2.23. The normalized spacial score (nSPS) is 19.4. The summed E-state index contributed by atoms with van der Waals surface area (Å²) in [5, 5.41) is 2.73. The maximum atomic E-state index is 13.1. The van der Waals surface area contributed by atoms with Crippen molar-refractivity contribution in [3.63, 3.8) is 0 Å². The average molecular weight is 440 g/mol. The fourth-order valence-electron chi connectivity index (χ4n) is 3.54. The molecule has 1 fully saturated rings. The number of hydrogen-bond donors (Lipinski definition) is 2. The van der Waals surface area contributed by atoms with E-state index < -0.39 is 20.0 Å². The van der Waals surface area contributed by atoms with Crippen molar-refractivity contribution in [1.29, 1.82) is 0 Å². The minimum Gasteiger partial charge on any atom is -0.335 e. The Morgan fingerprint density at radius 3 is 2.34 bits per heavy atom. The maximum absolute atomic E-state index is 13.1. The van der Waals surface area contributed by atoms with Crippen LogP contribution in [0, 0.1) is 0 Å². The quantitative estimate of drug-likeness (QED) is 0.708. The molecule has 0 bridgehead atoms. The van der Waals surface area contributed by atoms with Crippen molar-refractivity contribution in [2.24, 2.45) is 0 Å². The van der Waals surface area contributed by atoms with Crippen LogP contribution in [0.2, 0.25) is 0 Å². The zero-order chi connectivity index (χ0) is 20.6. The summed E-state index contributed by atoms with van der Waals surface area (Å²) in [7, 11) is -7.52. The lowest BCUT2D eigenvalue weighted by molar-refractivity contribution is -0.116. The molecule has 29 heavy (non-hydrogen) atoms. The molecule has 0 saturated carbocycles. The third kappa shape index (κ3) is 3.80. The van der Waals surface area contributed by atoms with E-state index in [0.717, 1.165) is 5.56 Å². The SMILES string of the molecule is O=C1CCc2cc(S(=O)(=O)N3CCCN(S(=O)(=O)c4cnc[nH]4)CC3)ccc2N1. The van der Waals surface area contributed by atoms with Crippen LogP contribution in [0.15, 0.2) is 40.6 Å². The molecule has 0 atom stereocenters. The van der Waals surface area contributed by atoms with Crippen LogP contribution in [0.4, 0.5) is 5.69 Å². The number of hydrogen-bond acceptors (Lipinski definition) is 6. The first kappa shape index (κ1) is 20.0. The first-order valence-electron chi connectivity index (χ1n) is 9.20. The minimum absolute atomic E-state index is 0.00876. The highest BCUT2D eigenvalue weighted by Gasteiger charge is 2.32. The number of aryl methyl sites for hydroxylation is 1. The summed E-state index contributed by atoms with van der Waals surface area (Å²) in [5.74, 6) is -0.0841. The van der Waals surface area contributed by atoms with Gasteiger partial charge in [-0.3, -0.25) is 4.79 Å². The second-order valence-corrected chi connectivity index (χ2v) is 10.8. The van der Waals surface area contributed by atoms with Gasteiger partial charge >= 0.3 is 0 Å². The van der Waals surface area contributed by atoms with Gasteiger partial charge in [-0.25, -0.2) is 21.8 Å². The Morgan fingerprint density at radius 1 is 0.931 bits per heavy atom. The highest BCUT2D eigenvalue weighted by Crippen LogP contribution is 2.27. The number of H-pyrrole nitrogens is 1. The van der Waals surface area contributed by atoms with Crippen molar-refractivity contribution in [3.8, 4) is 0 Å². The Bertz CT molecular complexity index is 1130. The van der Waals surface area contributed by atoms with Crippen molar-refractivity contribution < 1.29 is 21.6 Å². The first-order valence-corrected chi connectivity index (χ1v) is 12.1. The van der Waals surface area contributed by atoms with Crippen LogP contribution < -0.4 is 5.32 Å². The average Bonchev–Trinajstić information content (AvgIpc) is 3.12. The fraction of sp³-hybridized carbons (Fsp3) is 0.412. The molecule has 1 aromatic heterocycles. The van der Waals surface area contributed by atoms with Crippen LogP contribution in [0.25, 0.3) is 0 Å². The Balaban J connectivity index is 1.54. The molecule has 0 radical (unpaired) electrons. The van der Waals surface area contributed by atoms with Gasteiger partial charge in [-0.2, -0.15) is 8.61 Å². The number of carbonyl (C=O) groups is 1. The molecule has 1 amide bonds. The number of aromatic amines is 1. The standard InChI is InChI=1S/C17H21N5O5S2/c23-16-5-2-13-10-14(3-4-15(13)20-16)28(24,25)21-6-1-7-22(9-8-21)29(26,27)17-11-18-12-19-17/h3-4,10-12H,1-2,5-9H2,(H,18,19)(H,20,23). The van der Waals surface area contributed by atoms with Gasteiger partial charge in [0.25, 0.3) is 10.0 Å². The van der Waals surface area contributed by atoms with Crippen molar-refractivity contribution in [2.75, 3.05) is 31.5 Å². The predicted molar refractivity (Wildman–Crippen MR) is 104 cm³/mol. The van der Waals surface area contributed by atoms with Crippen molar-refractivity contribution >= 4 is 31.6 Å². The summed E-state index contributed by atoms with van der Waals surface area (Å²) in [4.78, 5) is 18.0. The molecule has 2 N–H and O–H groups in total. The molecule has 0 spiro atoms. The molecule has 156 valence electrons. The Hall–Kier alpha value is -2.28. The molecule has 1 aromatic carbocycles. The molecule has 3 heterocycles. The van der Waals surface area contributed by atoms with Crippen molar-refractivity contribution in [1.82, 2.24) is 18.6 Å². The first-order chi connectivity index (χ1) is 13.8. The van der Waals surface area contributed by atoms with E-state index >= 15 is 0 Å². The van der Waals surface area contributed by atoms with Gasteiger partial charge < -0.3 is 10.3 Å². The number of imidazole rings is 1. The van der Waals surface area contributed by atoms with Gasteiger partial charge in [-0.1, -0.05) is 0 Å². The summed E-state index contributed by atoms with van der Waals surface area (Å²) in [6, 6.07) is 4.67. The molecular formula is C17H21N5O5S2. The third-order valence-electron chi connectivity index (χ3n) is 5.11. The molecular weight excluding hydrogens is 418 g/mol. The van der Waals surface area contributed by atoms with Crippen molar-refractivity contribution in [2.45, 2.75) is 29.2 Å². The van der Waals surface area contributed by atoms with Gasteiger partial charge in [0, 0.05) is 38.3 Å². The predicted octanol–water partition coefficient (Wildman–Crippen LogP) is 0.380. The molecule has 10 nitrogen and oxygen atoms in total. The maximum Gasteiger partial charge on any atom is 0.260 e. The van der Waals surface area contributed by atoms with E-state index in [1.807, 2.05) is 0 Å². The number of rotatable bonds is 4. The number of fused-ring (bicyclic) bond motifs is 1. The highest BCUT2D eigenvalue weighted by atomic mass is 32.2. The minimum atomic E-state index is -3.78. The Morgan fingerprint density at radius 2 is 1.66 bits per heavy atom. The lowest BCUT2D eigenvalue weighted by Crippen LogP contribution is -2.37. The van der Waals surface area contributed by atoms with Crippen LogP contribution >= 0.6 is 0 Å². The van der Waals surface area contributed by atoms with Crippen LogP contribution in [-0.2, 0) is 31.3 Å². The summed E-state index contributed by atoms with van der Waals surface area (Å²) in [6.45, 7) is 0.569. The number of amides is 1. The van der Waals surface area contributed by atoms with Crippen molar-refractivity contribution in [3.05, 3.63) is 36.3 Å². The number of sulfonamides is 2. The second kappa shape index (κ2) is 7.52. The van der Waals surface area contributed by atoms with E-state index in [-0.39, 0.29) is 42.0 Å². The largest absolute Gasteiger partial charge is 0.335 e. The van der Waals surface area contributed by atoms with E-state index in [9.17, 15) is 21.6 Å². The van der Waals surface area contributed by atoms with Gasteiger partial charge in [0.15, 0.2) is 5.03 Å². The summed E-state index contributed by atoms with van der Waals surface area (Å²) in [6.07, 6.45) is 3.72. The molecule has 2 aliphatic rings. The van der Waals surface area contributed by atoms with Gasteiger partial charge in [-0.15, -0.1) is 0 Å². The number of carbonyl (C=O) groups excluding carboxylic acids is 1. The highest BCUT2D eigenvalue weighted by molar-refractivity contribution is 7.89. The Kier molecular flexibility index (Phi) is 5.19. The second-order valence-electron chi connectivity index (χ2n) is 6.94. The summed E-state index contributed by atoms with van der Waals surface area (Å²) in [5.41, 5.74) is 1.41. The lowest BCUT2D eigenvalue weighted by atomic mass is 10.0. The number of nitrogens with zero attached hydrogens (tertiary/aromatic N) is 3. The molecule has 12 heteroatoms. The summed E-state index contributed by atoms with van der Waals surface area (Å²) < 4.78 is 54.2. The smallest absolute Gasteiger partial charge is 0.260 e. The van der Waals surface area contributed by atoms with Crippen LogP contribution in [0.3, 0.4) is 0 Å². The molecule has 2 aromatic rings. The molecule has 2 aliphatic heterocycles. The Labute approximate surface area is 169 Å². The molecule has 0 aliphatic carbocycles. The summed E-state index contributed by atoms with van der Waals surface area (Å²) >= 11 is 0. The van der Waals surface area contributed by atoms with E-state index in [1.165, 1.54) is 27.2 Å². The fourth-order valence-corrected chi connectivity index (χ4v) is 6.43. The monoisotopic (exact) mass is 439 g/mol. The number of nitrogens with one attached hydrogen (secondary N) is 2. The van der Waals surface area contributed by atoms with E-state index in [0.29, 0.717) is 24.9 Å². The van der Waals surface area contributed by atoms with Crippen LogP contribution in [-0.4, -0.2) is 67.5 Å². The zero-order valence-corrected chi connectivity index (χ0v) is 17.2. The number of benzene rings is 1.